The molecule has 1 atom stereocenters. The van der Waals surface area contributed by atoms with Gasteiger partial charge in [-0.25, -0.2) is 12.8 Å². The van der Waals surface area contributed by atoms with E-state index in [4.69, 9.17) is 4.74 Å². The van der Waals surface area contributed by atoms with Crippen LogP contribution in [0.15, 0.2) is 47.4 Å². The maximum Gasteiger partial charge on any atom is 0.274 e. The fourth-order valence-corrected chi connectivity index (χ4v) is 7.38. The van der Waals surface area contributed by atoms with Gasteiger partial charge < -0.3 is 9.64 Å². The summed E-state index contributed by atoms with van der Waals surface area (Å²) >= 11 is 1.32. The lowest BCUT2D eigenvalue weighted by atomic mass is 10.1. The van der Waals surface area contributed by atoms with Crippen LogP contribution in [0.25, 0.3) is 10.2 Å². The number of carbonyl (C=O) groups is 1. The summed E-state index contributed by atoms with van der Waals surface area (Å²) < 4.78 is 48.2. The molecule has 2 aliphatic rings. The maximum atomic E-state index is 13.9. The van der Waals surface area contributed by atoms with Crippen molar-refractivity contribution in [1.82, 2.24) is 14.2 Å². The first-order chi connectivity index (χ1) is 16.8. The van der Waals surface area contributed by atoms with Crippen molar-refractivity contribution in [3.63, 3.8) is 0 Å². The van der Waals surface area contributed by atoms with E-state index in [-0.39, 0.29) is 28.8 Å². The van der Waals surface area contributed by atoms with E-state index in [0.717, 1.165) is 24.0 Å². The van der Waals surface area contributed by atoms with E-state index in [1.165, 1.54) is 29.5 Å². The molecule has 7 nitrogen and oxygen atoms in total. The van der Waals surface area contributed by atoms with Gasteiger partial charge in [-0.15, -0.1) is 0 Å². The number of likely N-dealkylation sites (tertiary alicyclic amines) is 1. The SMILES string of the molecule is CC1CCCCN1S(=O)(=O)c1ccc(C(=O)N2CCC(Oc3nc4c(F)cccc4s3)CC2)cc1. The molecule has 3 heterocycles. The van der Waals surface area contributed by atoms with Crippen molar-refractivity contribution < 1.29 is 22.3 Å². The van der Waals surface area contributed by atoms with Gasteiger partial charge in [-0.2, -0.15) is 9.29 Å². The summed E-state index contributed by atoms with van der Waals surface area (Å²) in [7, 11) is -3.56. The number of halogens is 1. The van der Waals surface area contributed by atoms with Gasteiger partial charge in [-0.3, -0.25) is 4.79 Å². The number of nitrogens with zero attached hydrogens (tertiary/aromatic N) is 3. The van der Waals surface area contributed by atoms with Crippen LogP contribution in [0.2, 0.25) is 0 Å². The van der Waals surface area contributed by atoms with E-state index in [2.05, 4.69) is 4.98 Å². The Morgan fingerprint density at radius 1 is 1.06 bits per heavy atom. The molecule has 5 rings (SSSR count). The molecule has 0 radical (unpaired) electrons. The molecule has 0 aliphatic carbocycles. The standard InChI is InChI=1S/C25H28FN3O4S2/c1-17-5-2-3-14-29(17)35(31,32)20-10-8-18(9-11-20)24(30)28-15-12-19(13-16-28)33-25-27-23-21(26)6-4-7-22(23)34-25/h4,6-11,17,19H,2-3,5,12-16H2,1H3. The Balaban J connectivity index is 1.19. The van der Waals surface area contributed by atoms with Gasteiger partial charge in [0.1, 0.15) is 17.4 Å². The van der Waals surface area contributed by atoms with Gasteiger partial charge in [0.2, 0.25) is 10.0 Å². The van der Waals surface area contributed by atoms with Crippen molar-refractivity contribution in [2.45, 2.75) is 56.1 Å². The molecule has 1 unspecified atom stereocenters. The first kappa shape index (κ1) is 24.1. The average Bonchev–Trinajstić information content (AvgIpc) is 3.28. The third-order valence-electron chi connectivity index (χ3n) is 6.80. The van der Waals surface area contributed by atoms with Crippen molar-refractivity contribution in [2.24, 2.45) is 0 Å². The second-order valence-corrected chi connectivity index (χ2v) is 12.0. The summed E-state index contributed by atoms with van der Waals surface area (Å²) in [4.78, 5) is 19.3. The second-order valence-electron chi connectivity index (χ2n) is 9.16. The van der Waals surface area contributed by atoms with Crippen LogP contribution in [0.3, 0.4) is 0 Å². The van der Waals surface area contributed by atoms with E-state index in [1.54, 1.807) is 27.4 Å². The molecule has 35 heavy (non-hydrogen) atoms. The molecule has 2 aromatic carbocycles. The second kappa shape index (κ2) is 9.83. The van der Waals surface area contributed by atoms with Crippen molar-refractivity contribution in [2.75, 3.05) is 19.6 Å². The van der Waals surface area contributed by atoms with Gasteiger partial charge in [0.15, 0.2) is 0 Å². The third kappa shape index (κ3) is 4.92. The summed E-state index contributed by atoms with van der Waals surface area (Å²) in [5, 5.41) is 0.440. The Bertz CT molecular complexity index is 1320. The number of carbonyl (C=O) groups excluding carboxylic acids is 1. The smallest absolute Gasteiger partial charge is 0.274 e. The van der Waals surface area contributed by atoms with E-state index in [1.807, 2.05) is 13.0 Å². The highest BCUT2D eigenvalue weighted by Gasteiger charge is 2.31. The fraction of sp³-hybridized carbons (Fsp3) is 0.440. The molecule has 1 amide bonds. The van der Waals surface area contributed by atoms with E-state index < -0.39 is 10.0 Å². The molecule has 0 bridgehead atoms. The van der Waals surface area contributed by atoms with Crippen LogP contribution in [-0.2, 0) is 10.0 Å². The number of aromatic nitrogens is 1. The van der Waals surface area contributed by atoms with E-state index in [0.29, 0.717) is 48.7 Å². The maximum absolute atomic E-state index is 13.9. The quantitative estimate of drug-likeness (QED) is 0.491. The number of piperidine rings is 2. The minimum Gasteiger partial charge on any atom is -0.467 e. The Hall–Kier alpha value is -2.56. The minimum atomic E-state index is -3.56. The molecule has 2 aliphatic heterocycles. The van der Waals surface area contributed by atoms with Crippen LogP contribution in [0, 0.1) is 5.82 Å². The first-order valence-electron chi connectivity index (χ1n) is 12.0. The van der Waals surface area contributed by atoms with Crippen LogP contribution in [0.4, 0.5) is 4.39 Å². The predicted octanol–water partition coefficient (Wildman–Crippen LogP) is 4.68. The number of para-hydroxylation sites is 1. The zero-order valence-electron chi connectivity index (χ0n) is 19.5. The molecule has 0 saturated carbocycles. The number of rotatable bonds is 5. The molecule has 0 spiro atoms. The Morgan fingerprint density at radius 3 is 2.49 bits per heavy atom. The number of hydrogen-bond donors (Lipinski definition) is 0. The number of sulfonamides is 1. The van der Waals surface area contributed by atoms with Crippen molar-refractivity contribution in [1.29, 1.82) is 0 Å². The van der Waals surface area contributed by atoms with Crippen LogP contribution >= 0.6 is 11.3 Å². The van der Waals surface area contributed by atoms with Crippen molar-refractivity contribution >= 4 is 37.5 Å². The number of benzene rings is 2. The van der Waals surface area contributed by atoms with Crippen molar-refractivity contribution in [3.05, 3.63) is 53.8 Å². The van der Waals surface area contributed by atoms with E-state index in [9.17, 15) is 17.6 Å². The summed E-state index contributed by atoms with van der Waals surface area (Å²) in [5.41, 5.74) is 0.789. The highest BCUT2D eigenvalue weighted by atomic mass is 32.2. The zero-order valence-corrected chi connectivity index (χ0v) is 21.2. The van der Waals surface area contributed by atoms with Gasteiger partial charge in [0, 0.05) is 44.1 Å². The molecule has 1 aromatic heterocycles. The number of amides is 1. The summed E-state index contributed by atoms with van der Waals surface area (Å²) in [6.45, 7) is 3.52. The monoisotopic (exact) mass is 517 g/mol. The molecule has 186 valence electrons. The van der Waals surface area contributed by atoms with Gasteiger partial charge in [0.05, 0.1) is 9.60 Å². The third-order valence-corrected chi connectivity index (χ3v) is 9.74. The molecule has 2 fully saturated rings. The largest absolute Gasteiger partial charge is 0.467 e. The summed E-state index contributed by atoms with van der Waals surface area (Å²) in [5.74, 6) is -0.487. The molecule has 3 aromatic rings. The van der Waals surface area contributed by atoms with E-state index >= 15 is 0 Å². The summed E-state index contributed by atoms with van der Waals surface area (Å²) in [6.07, 6.45) is 3.97. The lowest BCUT2D eigenvalue weighted by Crippen LogP contribution is -2.42. The number of ether oxygens (including phenoxy) is 1. The van der Waals surface area contributed by atoms with Gasteiger partial charge >= 0.3 is 0 Å². The lowest BCUT2D eigenvalue weighted by molar-refractivity contribution is 0.0595. The van der Waals surface area contributed by atoms with Crippen LogP contribution in [0.1, 0.15) is 49.4 Å². The minimum absolute atomic E-state index is 0.0136. The fourth-order valence-electron chi connectivity index (χ4n) is 4.78. The average molecular weight is 518 g/mol. The topological polar surface area (TPSA) is 79.8 Å². The molecule has 2 saturated heterocycles. The molecular weight excluding hydrogens is 489 g/mol. The van der Waals surface area contributed by atoms with Crippen LogP contribution < -0.4 is 4.74 Å². The van der Waals surface area contributed by atoms with Gasteiger partial charge in [-0.1, -0.05) is 23.8 Å². The lowest BCUT2D eigenvalue weighted by Gasteiger charge is -2.32. The molecule has 0 N–H and O–H groups in total. The zero-order chi connectivity index (χ0) is 24.6. The van der Waals surface area contributed by atoms with Crippen LogP contribution in [-0.4, -0.2) is 60.3 Å². The first-order valence-corrected chi connectivity index (χ1v) is 14.2. The number of fused-ring (bicyclic) bond motifs is 1. The Kier molecular flexibility index (Phi) is 6.78. The van der Waals surface area contributed by atoms with Gasteiger partial charge in [0.25, 0.3) is 11.1 Å². The number of thiazole rings is 1. The van der Waals surface area contributed by atoms with Crippen LogP contribution in [0.5, 0.6) is 5.19 Å². The summed E-state index contributed by atoms with van der Waals surface area (Å²) in [6, 6.07) is 11.1. The Labute approximate surface area is 208 Å². The normalized spacial score (nSPS) is 20.3. The molecular formula is C25H28FN3O4S2. The highest BCUT2D eigenvalue weighted by Crippen LogP contribution is 2.31. The Morgan fingerprint density at radius 2 is 1.80 bits per heavy atom. The highest BCUT2D eigenvalue weighted by molar-refractivity contribution is 7.89. The van der Waals surface area contributed by atoms with Gasteiger partial charge in [-0.05, 0) is 56.2 Å². The van der Waals surface area contributed by atoms with Crippen molar-refractivity contribution in [3.8, 4) is 5.19 Å². The number of hydrogen-bond acceptors (Lipinski definition) is 6. The molecule has 10 heteroatoms. The predicted molar refractivity (Wildman–Crippen MR) is 133 cm³/mol.